The standard InChI is InChI=1S/C22H33N5O5/c1-5-16-18(32-15-8-6-7-14(11-15)21(28)29)10-9-17(23-16)19-20(27(4)26-25-19)24-22(30)31-12-13(2)3/h9-10,13-15,22,24,30H,5-8,11-12H2,1-4H3,(H,28,29)/t14-,15-,22?/m0/s1. The molecule has 3 N–H and O–H groups in total. The van der Waals surface area contributed by atoms with E-state index in [0.717, 1.165) is 18.5 Å². The van der Waals surface area contributed by atoms with Gasteiger partial charge >= 0.3 is 5.97 Å². The van der Waals surface area contributed by atoms with Crippen LogP contribution in [0.25, 0.3) is 11.4 Å². The second kappa shape index (κ2) is 10.7. The van der Waals surface area contributed by atoms with E-state index in [4.69, 9.17) is 14.5 Å². The zero-order valence-electron chi connectivity index (χ0n) is 19.1. The van der Waals surface area contributed by atoms with Crippen LogP contribution < -0.4 is 10.1 Å². The first-order chi connectivity index (χ1) is 15.3. The van der Waals surface area contributed by atoms with Crippen molar-refractivity contribution in [3.8, 4) is 17.1 Å². The number of aromatic nitrogens is 4. The molecule has 0 radical (unpaired) electrons. The summed E-state index contributed by atoms with van der Waals surface area (Å²) in [6.45, 7) is 6.39. The van der Waals surface area contributed by atoms with Crippen molar-refractivity contribution in [2.75, 3.05) is 11.9 Å². The quantitative estimate of drug-likeness (QED) is 0.470. The van der Waals surface area contributed by atoms with Gasteiger partial charge < -0.3 is 25.0 Å². The first-order valence-corrected chi connectivity index (χ1v) is 11.1. The molecular weight excluding hydrogens is 414 g/mol. The Morgan fingerprint density at radius 3 is 2.81 bits per heavy atom. The number of hydrogen-bond acceptors (Lipinski definition) is 8. The summed E-state index contributed by atoms with van der Waals surface area (Å²) in [5.74, 6) is 0.312. The minimum absolute atomic E-state index is 0.134. The summed E-state index contributed by atoms with van der Waals surface area (Å²) < 4.78 is 13.1. The summed E-state index contributed by atoms with van der Waals surface area (Å²) in [5, 5.41) is 30.6. The summed E-state index contributed by atoms with van der Waals surface area (Å²) >= 11 is 0. The van der Waals surface area contributed by atoms with E-state index in [1.165, 1.54) is 4.68 Å². The molecule has 0 aliphatic heterocycles. The van der Waals surface area contributed by atoms with E-state index in [2.05, 4.69) is 15.6 Å². The number of nitrogens with zero attached hydrogens (tertiary/aromatic N) is 4. The molecule has 3 atom stereocenters. The van der Waals surface area contributed by atoms with Crippen LogP contribution in [-0.4, -0.2) is 55.3 Å². The van der Waals surface area contributed by atoms with Crippen molar-refractivity contribution in [3.05, 3.63) is 17.8 Å². The van der Waals surface area contributed by atoms with Gasteiger partial charge in [0.15, 0.2) is 11.5 Å². The summed E-state index contributed by atoms with van der Waals surface area (Å²) in [4.78, 5) is 16.1. The molecule has 2 heterocycles. The summed E-state index contributed by atoms with van der Waals surface area (Å²) in [5.41, 5.74) is 1.84. The molecule has 2 aromatic rings. The van der Waals surface area contributed by atoms with Gasteiger partial charge in [-0.15, -0.1) is 5.10 Å². The number of aliphatic hydroxyl groups excluding tert-OH is 1. The number of ether oxygens (including phenoxy) is 2. The SMILES string of the molecule is CCc1nc(-c2nnn(C)c2NC(O)OCC(C)C)ccc1O[C@H]1CCC[C@H](C(=O)O)C1. The molecule has 1 unspecified atom stereocenters. The first kappa shape index (κ1) is 23.9. The molecule has 32 heavy (non-hydrogen) atoms. The van der Waals surface area contributed by atoms with Crippen molar-refractivity contribution >= 4 is 11.8 Å². The molecule has 0 amide bonds. The number of aliphatic carboxylic acids is 1. The van der Waals surface area contributed by atoms with Gasteiger partial charge in [0.25, 0.3) is 0 Å². The highest BCUT2D eigenvalue weighted by molar-refractivity contribution is 5.70. The third-order valence-electron chi connectivity index (χ3n) is 5.45. The Kier molecular flexibility index (Phi) is 8.03. The number of carbonyl (C=O) groups is 1. The molecule has 0 saturated heterocycles. The molecule has 1 aliphatic carbocycles. The van der Waals surface area contributed by atoms with Crippen LogP contribution in [-0.2, 0) is 23.0 Å². The van der Waals surface area contributed by atoms with Gasteiger partial charge in [0.1, 0.15) is 5.75 Å². The number of aliphatic hydroxyl groups is 1. The second-order valence-corrected chi connectivity index (χ2v) is 8.57. The number of carboxylic acid groups (broad SMARTS) is 1. The highest BCUT2D eigenvalue weighted by Crippen LogP contribution is 2.31. The number of anilines is 1. The Morgan fingerprint density at radius 2 is 2.12 bits per heavy atom. The molecular formula is C22H33N5O5. The fraction of sp³-hybridized carbons (Fsp3) is 0.636. The first-order valence-electron chi connectivity index (χ1n) is 11.1. The number of carboxylic acids is 1. The number of hydrogen-bond donors (Lipinski definition) is 3. The number of nitrogens with one attached hydrogen (secondary N) is 1. The lowest BCUT2D eigenvalue weighted by atomic mass is 9.87. The zero-order chi connectivity index (χ0) is 23.3. The van der Waals surface area contributed by atoms with E-state index in [-0.39, 0.29) is 17.9 Å². The number of rotatable bonds is 10. The highest BCUT2D eigenvalue weighted by atomic mass is 16.6. The third kappa shape index (κ3) is 5.95. The Bertz CT molecular complexity index is 916. The van der Waals surface area contributed by atoms with Crippen LogP contribution in [0.15, 0.2) is 12.1 Å². The van der Waals surface area contributed by atoms with Gasteiger partial charge in [0, 0.05) is 7.05 Å². The highest BCUT2D eigenvalue weighted by Gasteiger charge is 2.29. The number of pyridine rings is 1. The third-order valence-corrected chi connectivity index (χ3v) is 5.45. The Balaban J connectivity index is 1.77. The molecule has 1 fully saturated rings. The van der Waals surface area contributed by atoms with Crippen LogP contribution in [0.4, 0.5) is 5.82 Å². The van der Waals surface area contributed by atoms with E-state index < -0.39 is 12.4 Å². The van der Waals surface area contributed by atoms with Crippen LogP contribution in [0.1, 0.15) is 52.1 Å². The van der Waals surface area contributed by atoms with Gasteiger partial charge in [0.2, 0.25) is 6.41 Å². The van der Waals surface area contributed by atoms with Gasteiger partial charge in [0.05, 0.1) is 30.0 Å². The molecule has 0 spiro atoms. The lowest BCUT2D eigenvalue weighted by Gasteiger charge is -2.28. The maximum absolute atomic E-state index is 11.3. The van der Waals surface area contributed by atoms with E-state index in [0.29, 0.717) is 48.8 Å². The smallest absolute Gasteiger partial charge is 0.306 e. The second-order valence-electron chi connectivity index (χ2n) is 8.57. The van der Waals surface area contributed by atoms with Crippen molar-refractivity contribution in [2.24, 2.45) is 18.9 Å². The van der Waals surface area contributed by atoms with Gasteiger partial charge in [-0.2, -0.15) is 0 Å². The van der Waals surface area contributed by atoms with Gasteiger partial charge in [-0.3, -0.25) is 4.79 Å². The van der Waals surface area contributed by atoms with Crippen molar-refractivity contribution in [1.82, 2.24) is 20.0 Å². The van der Waals surface area contributed by atoms with Crippen molar-refractivity contribution in [1.29, 1.82) is 0 Å². The fourth-order valence-electron chi connectivity index (χ4n) is 3.77. The summed E-state index contributed by atoms with van der Waals surface area (Å²) in [6, 6.07) is 3.64. The predicted octanol–water partition coefficient (Wildman–Crippen LogP) is 2.82. The molecule has 0 bridgehead atoms. The topological polar surface area (TPSA) is 132 Å². The Hall–Kier alpha value is -2.72. The van der Waals surface area contributed by atoms with Crippen LogP contribution in [0.2, 0.25) is 0 Å². The molecule has 0 aromatic carbocycles. The minimum Gasteiger partial charge on any atom is -0.488 e. The average molecular weight is 448 g/mol. The molecule has 3 rings (SSSR count). The molecule has 10 heteroatoms. The van der Waals surface area contributed by atoms with Gasteiger partial charge in [-0.1, -0.05) is 26.0 Å². The van der Waals surface area contributed by atoms with Gasteiger partial charge in [-0.25, -0.2) is 9.67 Å². The Labute approximate surface area is 187 Å². The monoisotopic (exact) mass is 447 g/mol. The normalized spacial score (nSPS) is 19.7. The van der Waals surface area contributed by atoms with Crippen LogP contribution in [0, 0.1) is 11.8 Å². The van der Waals surface area contributed by atoms with Crippen LogP contribution in [0.5, 0.6) is 5.75 Å². The molecule has 1 aliphatic rings. The summed E-state index contributed by atoms with van der Waals surface area (Å²) in [6.07, 6.45) is 2.18. The van der Waals surface area contributed by atoms with Crippen molar-refractivity contribution in [3.63, 3.8) is 0 Å². The van der Waals surface area contributed by atoms with E-state index in [1.54, 1.807) is 13.1 Å². The minimum atomic E-state index is -1.20. The largest absolute Gasteiger partial charge is 0.488 e. The average Bonchev–Trinajstić information content (AvgIpc) is 3.12. The maximum atomic E-state index is 11.3. The predicted molar refractivity (Wildman–Crippen MR) is 118 cm³/mol. The Morgan fingerprint density at radius 1 is 1.34 bits per heavy atom. The van der Waals surface area contributed by atoms with Crippen molar-refractivity contribution < 1.29 is 24.5 Å². The van der Waals surface area contributed by atoms with Gasteiger partial charge in [-0.05, 0) is 50.2 Å². The van der Waals surface area contributed by atoms with Crippen LogP contribution >= 0.6 is 0 Å². The number of aryl methyl sites for hydroxylation is 2. The maximum Gasteiger partial charge on any atom is 0.306 e. The van der Waals surface area contributed by atoms with E-state index in [9.17, 15) is 15.0 Å². The molecule has 176 valence electrons. The zero-order valence-corrected chi connectivity index (χ0v) is 19.1. The molecule has 10 nitrogen and oxygen atoms in total. The van der Waals surface area contributed by atoms with Crippen molar-refractivity contribution in [2.45, 2.75) is 65.4 Å². The van der Waals surface area contributed by atoms with E-state index in [1.807, 2.05) is 26.8 Å². The fourth-order valence-corrected chi connectivity index (χ4v) is 3.77. The molecule has 1 saturated carbocycles. The van der Waals surface area contributed by atoms with Crippen LogP contribution in [0.3, 0.4) is 0 Å². The lowest BCUT2D eigenvalue weighted by molar-refractivity contribution is -0.143. The van der Waals surface area contributed by atoms with E-state index >= 15 is 0 Å². The molecule has 2 aromatic heterocycles. The lowest BCUT2D eigenvalue weighted by Crippen LogP contribution is -2.29. The summed E-state index contributed by atoms with van der Waals surface area (Å²) in [7, 11) is 1.72.